The van der Waals surface area contributed by atoms with Crippen molar-refractivity contribution in [1.29, 1.82) is 0 Å². The predicted molar refractivity (Wildman–Crippen MR) is 52.0 cm³/mol. The zero-order chi connectivity index (χ0) is 9.03. The van der Waals surface area contributed by atoms with Crippen LogP contribution >= 0.6 is 12.2 Å². The fourth-order valence-corrected chi connectivity index (χ4v) is 1.58. The minimum absolute atomic E-state index is 0.354. The third-order valence-corrected chi connectivity index (χ3v) is 2.64. The van der Waals surface area contributed by atoms with Crippen molar-refractivity contribution in [3.8, 4) is 0 Å². The van der Waals surface area contributed by atoms with Crippen LogP contribution in [0.5, 0.6) is 0 Å². The van der Waals surface area contributed by atoms with Crippen LogP contribution in [-0.4, -0.2) is 24.4 Å². The molecule has 0 spiro atoms. The van der Waals surface area contributed by atoms with Crippen LogP contribution in [0.4, 0.5) is 4.39 Å². The maximum atomic E-state index is 13.7. The first kappa shape index (κ1) is 9.71. The molecule has 12 heavy (non-hydrogen) atoms. The zero-order valence-corrected chi connectivity index (χ0v) is 8.14. The Morgan fingerprint density at radius 1 is 1.50 bits per heavy atom. The molecule has 0 unspecified atom stereocenters. The molecular formula is C8H15FN2S. The van der Waals surface area contributed by atoms with Gasteiger partial charge in [-0.1, -0.05) is 12.8 Å². The van der Waals surface area contributed by atoms with Crippen molar-refractivity contribution in [2.45, 2.75) is 31.4 Å². The lowest BCUT2D eigenvalue weighted by Gasteiger charge is -2.19. The highest BCUT2D eigenvalue weighted by Gasteiger charge is 2.33. The monoisotopic (exact) mass is 190 g/mol. The fourth-order valence-electron chi connectivity index (χ4n) is 1.51. The molecule has 0 bridgehead atoms. The normalized spacial score (nSPS) is 20.5. The lowest BCUT2D eigenvalue weighted by Crippen LogP contribution is -2.41. The smallest absolute Gasteiger partial charge is 0.166 e. The molecule has 1 saturated carbocycles. The Bertz CT molecular complexity index is 166. The van der Waals surface area contributed by atoms with E-state index >= 15 is 0 Å². The Morgan fingerprint density at radius 2 is 2.08 bits per heavy atom. The first-order chi connectivity index (χ1) is 5.66. The predicted octanol–water partition coefficient (Wildman–Crippen LogP) is 1.36. The lowest BCUT2D eigenvalue weighted by atomic mass is 10.1. The third kappa shape index (κ3) is 2.59. The molecule has 0 radical (unpaired) electrons. The maximum absolute atomic E-state index is 13.7. The first-order valence-corrected chi connectivity index (χ1v) is 4.72. The van der Waals surface area contributed by atoms with Gasteiger partial charge in [0.05, 0.1) is 6.54 Å². The molecule has 1 fully saturated rings. The Balaban J connectivity index is 2.25. The van der Waals surface area contributed by atoms with Gasteiger partial charge in [-0.3, -0.25) is 0 Å². The number of thiocarbonyl (C=S) groups is 1. The van der Waals surface area contributed by atoms with Gasteiger partial charge in [-0.05, 0) is 25.1 Å². The second-order valence-electron chi connectivity index (χ2n) is 3.29. The fraction of sp³-hybridized carbons (Fsp3) is 0.875. The maximum Gasteiger partial charge on any atom is 0.166 e. The van der Waals surface area contributed by atoms with Gasteiger partial charge in [0.2, 0.25) is 0 Å². The molecule has 1 aliphatic carbocycles. The quantitative estimate of drug-likeness (QED) is 0.643. The summed E-state index contributed by atoms with van der Waals surface area (Å²) in [6.07, 6.45) is 3.35. The first-order valence-electron chi connectivity index (χ1n) is 4.31. The Labute approximate surface area is 77.9 Å². The summed E-state index contributed by atoms with van der Waals surface area (Å²) in [6.45, 7) is 0.354. The van der Waals surface area contributed by atoms with E-state index in [0.717, 1.165) is 12.8 Å². The Morgan fingerprint density at radius 3 is 2.58 bits per heavy atom. The summed E-state index contributed by atoms with van der Waals surface area (Å²) >= 11 is 4.85. The van der Waals surface area contributed by atoms with Gasteiger partial charge in [0.1, 0.15) is 5.67 Å². The summed E-state index contributed by atoms with van der Waals surface area (Å²) < 4.78 is 13.7. The van der Waals surface area contributed by atoms with Crippen molar-refractivity contribution in [3.05, 3.63) is 0 Å². The number of rotatable bonds is 2. The van der Waals surface area contributed by atoms with Gasteiger partial charge < -0.3 is 10.6 Å². The molecule has 0 aromatic rings. The van der Waals surface area contributed by atoms with Crippen LogP contribution in [0.1, 0.15) is 25.7 Å². The van der Waals surface area contributed by atoms with Crippen LogP contribution in [-0.2, 0) is 0 Å². The van der Waals surface area contributed by atoms with Gasteiger partial charge in [-0.25, -0.2) is 4.39 Å². The molecule has 2 nitrogen and oxygen atoms in total. The van der Waals surface area contributed by atoms with Crippen molar-refractivity contribution in [1.82, 2.24) is 10.6 Å². The molecule has 0 aromatic heterocycles. The highest BCUT2D eigenvalue weighted by Crippen LogP contribution is 2.32. The van der Waals surface area contributed by atoms with Crippen molar-refractivity contribution in [3.63, 3.8) is 0 Å². The summed E-state index contributed by atoms with van der Waals surface area (Å²) in [5.74, 6) is 0. The SMILES string of the molecule is CNC(=S)NCC1(F)CCCC1. The van der Waals surface area contributed by atoms with Gasteiger partial charge >= 0.3 is 0 Å². The molecule has 70 valence electrons. The minimum atomic E-state index is -1.01. The topological polar surface area (TPSA) is 24.1 Å². The molecule has 0 aliphatic heterocycles. The van der Waals surface area contributed by atoms with Crippen molar-refractivity contribution in [2.24, 2.45) is 0 Å². The van der Waals surface area contributed by atoms with Gasteiger partial charge in [-0.15, -0.1) is 0 Å². The van der Waals surface area contributed by atoms with Crippen LogP contribution in [0.25, 0.3) is 0 Å². The van der Waals surface area contributed by atoms with E-state index in [1.54, 1.807) is 7.05 Å². The van der Waals surface area contributed by atoms with Crippen LogP contribution < -0.4 is 10.6 Å². The molecule has 2 N–H and O–H groups in total. The average Bonchev–Trinajstić information content (AvgIpc) is 2.49. The molecule has 0 atom stereocenters. The van der Waals surface area contributed by atoms with Crippen molar-refractivity contribution < 1.29 is 4.39 Å². The summed E-state index contributed by atoms with van der Waals surface area (Å²) in [5.41, 5.74) is -1.01. The summed E-state index contributed by atoms with van der Waals surface area (Å²) in [4.78, 5) is 0. The second-order valence-corrected chi connectivity index (χ2v) is 3.70. The Kier molecular flexibility index (Phi) is 3.26. The van der Waals surface area contributed by atoms with Crippen LogP contribution in [0.3, 0.4) is 0 Å². The van der Waals surface area contributed by atoms with E-state index in [-0.39, 0.29) is 0 Å². The summed E-state index contributed by atoms with van der Waals surface area (Å²) in [5, 5.41) is 6.15. The molecule has 4 heteroatoms. The summed E-state index contributed by atoms with van der Waals surface area (Å²) in [7, 11) is 1.73. The molecule has 0 aromatic carbocycles. The van der Waals surface area contributed by atoms with Crippen molar-refractivity contribution in [2.75, 3.05) is 13.6 Å². The zero-order valence-electron chi connectivity index (χ0n) is 7.32. The Hall–Kier alpha value is -0.380. The molecule has 0 amide bonds. The molecular weight excluding hydrogens is 175 g/mol. The van der Waals surface area contributed by atoms with Crippen LogP contribution in [0.2, 0.25) is 0 Å². The highest BCUT2D eigenvalue weighted by atomic mass is 32.1. The molecule has 1 rings (SSSR count). The van der Waals surface area contributed by atoms with E-state index < -0.39 is 5.67 Å². The van der Waals surface area contributed by atoms with Crippen LogP contribution in [0.15, 0.2) is 0 Å². The number of halogens is 1. The number of nitrogens with one attached hydrogen (secondary N) is 2. The minimum Gasteiger partial charge on any atom is -0.366 e. The standard InChI is InChI=1S/C8H15FN2S/c1-10-7(12)11-6-8(9)4-2-3-5-8/h2-6H2,1H3,(H2,10,11,12). The highest BCUT2D eigenvalue weighted by molar-refractivity contribution is 7.80. The lowest BCUT2D eigenvalue weighted by molar-refractivity contribution is 0.176. The number of alkyl halides is 1. The molecule has 0 heterocycles. The van der Waals surface area contributed by atoms with Crippen LogP contribution in [0, 0.1) is 0 Å². The van der Waals surface area contributed by atoms with Gasteiger partial charge in [-0.2, -0.15) is 0 Å². The molecule has 1 aliphatic rings. The van der Waals surface area contributed by atoms with E-state index in [1.165, 1.54) is 0 Å². The van der Waals surface area contributed by atoms with Gasteiger partial charge in [0.25, 0.3) is 0 Å². The van der Waals surface area contributed by atoms with Gasteiger partial charge in [0, 0.05) is 7.05 Å². The average molecular weight is 190 g/mol. The molecule has 0 saturated heterocycles. The largest absolute Gasteiger partial charge is 0.366 e. The van der Waals surface area contributed by atoms with E-state index in [4.69, 9.17) is 12.2 Å². The van der Waals surface area contributed by atoms with E-state index in [2.05, 4.69) is 10.6 Å². The van der Waals surface area contributed by atoms with E-state index in [1.807, 2.05) is 0 Å². The third-order valence-electron chi connectivity index (χ3n) is 2.29. The van der Waals surface area contributed by atoms with Gasteiger partial charge in [0.15, 0.2) is 5.11 Å². The second kappa shape index (κ2) is 4.03. The number of hydrogen-bond donors (Lipinski definition) is 2. The number of hydrogen-bond acceptors (Lipinski definition) is 1. The van der Waals surface area contributed by atoms with E-state index in [9.17, 15) is 4.39 Å². The summed E-state index contributed by atoms with van der Waals surface area (Å²) in [6, 6.07) is 0. The van der Waals surface area contributed by atoms with Crippen molar-refractivity contribution >= 4 is 17.3 Å². The van der Waals surface area contributed by atoms with E-state index in [0.29, 0.717) is 24.5 Å².